The zero-order valence-corrected chi connectivity index (χ0v) is 14.0. The van der Waals surface area contributed by atoms with Crippen molar-refractivity contribution in [1.29, 1.82) is 0 Å². The lowest BCUT2D eigenvalue weighted by atomic mass is 10.1. The molecule has 0 spiro atoms. The number of halogens is 2. The molecule has 1 heterocycles. The van der Waals surface area contributed by atoms with Crippen LogP contribution in [0.15, 0.2) is 48.5 Å². The Hall–Kier alpha value is -1.07. The van der Waals surface area contributed by atoms with E-state index in [-0.39, 0.29) is 6.04 Å². The molecule has 3 aromatic rings. The van der Waals surface area contributed by atoms with Gasteiger partial charge in [-0.2, -0.15) is 0 Å². The summed E-state index contributed by atoms with van der Waals surface area (Å²) in [6, 6.07) is 17.0. The summed E-state index contributed by atoms with van der Waals surface area (Å²) in [6.45, 7) is 2.18. The predicted octanol–water partition coefficient (Wildman–Crippen LogP) is 4.99. The van der Waals surface area contributed by atoms with Crippen molar-refractivity contribution in [2.24, 2.45) is 0 Å². The van der Waals surface area contributed by atoms with E-state index in [9.17, 15) is 0 Å². The fourth-order valence-corrected chi connectivity index (χ4v) is 3.19. The molecule has 3 rings (SSSR count). The van der Waals surface area contributed by atoms with Crippen LogP contribution in [0.25, 0.3) is 11.0 Å². The van der Waals surface area contributed by atoms with Crippen molar-refractivity contribution in [2.45, 2.75) is 18.8 Å². The smallest absolute Gasteiger partial charge is 0.125 e. The van der Waals surface area contributed by atoms with Gasteiger partial charge in [0.1, 0.15) is 5.82 Å². The Morgan fingerprint density at radius 3 is 2.65 bits per heavy atom. The molecule has 0 aliphatic rings. The van der Waals surface area contributed by atoms with Gasteiger partial charge in [0.15, 0.2) is 0 Å². The third-order valence-corrected chi connectivity index (χ3v) is 4.42. The number of alkyl halides is 1. The van der Waals surface area contributed by atoms with Crippen LogP contribution in [0.3, 0.4) is 0 Å². The van der Waals surface area contributed by atoms with Crippen molar-refractivity contribution in [3.63, 3.8) is 0 Å². The van der Waals surface area contributed by atoms with Gasteiger partial charge in [0.2, 0.25) is 0 Å². The largest absolute Gasteiger partial charge is 0.320 e. The van der Waals surface area contributed by atoms with E-state index >= 15 is 0 Å². The van der Waals surface area contributed by atoms with Gasteiger partial charge in [0, 0.05) is 3.57 Å². The molecular weight excluding hydrogens is 383 g/mol. The maximum Gasteiger partial charge on any atom is 0.125 e. The van der Waals surface area contributed by atoms with E-state index in [0.717, 1.165) is 16.9 Å². The van der Waals surface area contributed by atoms with Gasteiger partial charge in [0.25, 0.3) is 0 Å². The maximum atomic E-state index is 6.09. The van der Waals surface area contributed by atoms with Crippen LogP contribution in [0.1, 0.15) is 24.4 Å². The van der Waals surface area contributed by atoms with Crippen molar-refractivity contribution in [2.75, 3.05) is 0 Å². The third kappa shape index (κ3) is 2.44. The standard InChI is InChI=1S/C16H14ClIN2/c1-11(12-5-3-2-4-6-12)20-15-8-7-13(18)9-14(15)19-16(20)10-17/h2-9,11H,10H2,1H3. The molecule has 102 valence electrons. The second kappa shape index (κ2) is 5.74. The Bertz CT molecular complexity index is 737. The van der Waals surface area contributed by atoms with Crippen molar-refractivity contribution in [1.82, 2.24) is 9.55 Å². The maximum absolute atomic E-state index is 6.09. The number of fused-ring (bicyclic) bond motifs is 1. The zero-order chi connectivity index (χ0) is 14.1. The summed E-state index contributed by atoms with van der Waals surface area (Å²) < 4.78 is 3.42. The Labute approximate surface area is 136 Å². The van der Waals surface area contributed by atoms with Crippen LogP contribution in [0.2, 0.25) is 0 Å². The Morgan fingerprint density at radius 1 is 1.20 bits per heavy atom. The first-order valence-corrected chi connectivity index (χ1v) is 8.09. The molecule has 0 saturated carbocycles. The molecule has 0 fully saturated rings. The normalized spacial score (nSPS) is 12.8. The van der Waals surface area contributed by atoms with Gasteiger partial charge in [-0.3, -0.25) is 0 Å². The van der Waals surface area contributed by atoms with Crippen molar-refractivity contribution < 1.29 is 0 Å². The van der Waals surface area contributed by atoms with Gasteiger partial charge in [-0.25, -0.2) is 4.98 Å². The highest BCUT2D eigenvalue weighted by Crippen LogP contribution is 2.27. The number of rotatable bonds is 3. The summed E-state index contributed by atoms with van der Waals surface area (Å²) in [5, 5.41) is 0. The molecule has 1 unspecified atom stereocenters. The molecule has 0 saturated heterocycles. The van der Waals surface area contributed by atoms with Crippen LogP contribution in [-0.4, -0.2) is 9.55 Å². The highest BCUT2D eigenvalue weighted by Gasteiger charge is 2.16. The van der Waals surface area contributed by atoms with E-state index in [1.807, 2.05) is 6.07 Å². The number of nitrogens with zero attached hydrogens (tertiary/aromatic N) is 2. The first-order valence-electron chi connectivity index (χ1n) is 6.48. The highest BCUT2D eigenvalue weighted by molar-refractivity contribution is 14.1. The minimum Gasteiger partial charge on any atom is -0.320 e. The van der Waals surface area contributed by atoms with Crippen LogP contribution in [0, 0.1) is 3.57 Å². The van der Waals surface area contributed by atoms with Crippen molar-refractivity contribution in [3.05, 3.63) is 63.5 Å². The zero-order valence-electron chi connectivity index (χ0n) is 11.1. The summed E-state index contributed by atoms with van der Waals surface area (Å²) in [7, 11) is 0. The molecule has 20 heavy (non-hydrogen) atoms. The number of imidazole rings is 1. The van der Waals surface area contributed by atoms with E-state index in [0.29, 0.717) is 5.88 Å². The fourth-order valence-electron chi connectivity index (χ4n) is 2.53. The molecule has 0 N–H and O–H groups in total. The third-order valence-electron chi connectivity index (χ3n) is 3.51. The van der Waals surface area contributed by atoms with E-state index in [2.05, 4.69) is 81.5 Å². The monoisotopic (exact) mass is 396 g/mol. The van der Waals surface area contributed by atoms with Crippen LogP contribution < -0.4 is 0 Å². The first kappa shape index (κ1) is 13.9. The lowest BCUT2D eigenvalue weighted by Gasteiger charge is -2.17. The van der Waals surface area contributed by atoms with E-state index in [1.54, 1.807) is 0 Å². The first-order chi connectivity index (χ1) is 9.70. The minimum absolute atomic E-state index is 0.218. The van der Waals surface area contributed by atoms with Gasteiger partial charge >= 0.3 is 0 Å². The number of aromatic nitrogens is 2. The summed E-state index contributed by atoms with van der Waals surface area (Å²) in [6.07, 6.45) is 0. The number of hydrogen-bond acceptors (Lipinski definition) is 1. The van der Waals surface area contributed by atoms with Gasteiger partial charge in [-0.05, 0) is 53.3 Å². The molecule has 0 aliphatic heterocycles. The van der Waals surface area contributed by atoms with Crippen LogP contribution in [0.4, 0.5) is 0 Å². The SMILES string of the molecule is CC(c1ccccc1)n1c(CCl)nc2cc(I)ccc21. The topological polar surface area (TPSA) is 17.8 Å². The molecule has 0 aliphatic carbocycles. The number of hydrogen-bond donors (Lipinski definition) is 0. The highest BCUT2D eigenvalue weighted by atomic mass is 127. The minimum atomic E-state index is 0.218. The van der Waals surface area contributed by atoms with E-state index in [1.165, 1.54) is 9.13 Å². The summed E-state index contributed by atoms with van der Waals surface area (Å²) in [5.41, 5.74) is 3.41. The summed E-state index contributed by atoms with van der Waals surface area (Å²) in [4.78, 5) is 4.66. The molecule has 0 radical (unpaired) electrons. The van der Waals surface area contributed by atoms with Crippen LogP contribution in [0.5, 0.6) is 0 Å². The molecule has 1 aromatic heterocycles. The molecular formula is C16H14ClIN2. The fraction of sp³-hybridized carbons (Fsp3) is 0.188. The molecule has 0 amide bonds. The van der Waals surface area contributed by atoms with Gasteiger partial charge in [-0.15, -0.1) is 11.6 Å². The second-order valence-corrected chi connectivity index (χ2v) is 6.26. The van der Waals surface area contributed by atoms with Gasteiger partial charge < -0.3 is 4.57 Å². The predicted molar refractivity (Wildman–Crippen MR) is 92.3 cm³/mol. The van der Waals surface area contributed by atoms with Crippen molar-refractivity contribution in [3.8, 4) is 0 Å². The molecule has 0 bridgehead atoms. The van der Waals surface area contributed by atoms with E-state index < -0.39 is 0 Å². The molecule has 4 heteroatoms. The average molecular weight is 397 g/mol. The summed E-state index contributed by atoms with van der Waals surface area (Å²) in [5.74, 6) is 1.34. The molecule has 1 atom stereocenters. The Morgan fingerprint density at radius 2 is 1.95 bits per heavy atom. The lowest BCUT2D eigenvalue weighted by Crippen LogP contribution is -2.09. The van der Waals surface area contributed by atoms with Crippen LogP contribution >= 0.6 is 34.2 Å². The molecule has 2 nitrogen and oxygen atoms in total. The van der Waals surface area contributed by atoms with Crippen molar-refractivity contribution >= 4 is 45.2 Å². The summed E-state index contributed by atoms with van der Waals surface area (Å²) >= 11 is 8.40. The quantitative estimate of drug-likeness (QED) is 0.450. The van der Waals surface area contributed by atoms with Gasteiger partial charge in [0.05, 0.1) is 23.0 Å². The average Bonchev–Trinajstić information content (AvgIpc) is 2.84. The second-order valence-electron chi connectivity index (χ2n) is 4.75. The Balaban J connectivity index is 2.19. The lowest BCUT2D eigenvalue weighted by molar-refractivity contribution is 0.634. The Kier molecular flexibility index (Phi) is 3.98. The molecule has 2 aromatic carbocycles. The van der Waals surface area contributed by atoms with E-state index in [4.69, 9.17) is 11.6 Å². The van der Waals surface area contributed by atoms with Gasteiger partial charge in [-0.1, -0.05) is 30.3 Å². The van der Waals surface area contributed by atoms with Crippen LogP contribution in [-0.2, 0) is 5.88 Å². The number of benzene rings is 2.